The topological polar surface area (TPSA) is 55.6 Å². The SMILES string of the molecule is CCCOCCCN1CCCC(N)C1=O. The summed E-state index contributed by atoms with van der Waals surface area (Å²) in [4.78, 5) is 13.5. The van der Waals surface area contributed by atoms with Gasteiger partial charge < -0.3 is 15.4 Å². The minimum absolute atomic E-state index is 0.108. The maximum absolute atomic E-state index is 11.6. The monoisotopic (exact) mass is 214 g/mol. The highest BCUT2D eigenvalue weighted by Crippen LogP contribution is 2.10. The molecule has 0 aromatic heterocycles. The van der Waals surface area contributed by atoms with Crippen LogP contribution >= 0.6 is 0 Å². The standard InChI is InChI=1S/C11H22N2O2/c1-2-8-15-9-4-7-13-6-3-5-10(12)11(13)14/h10H,2-9,12H2,1H3. The molecule has 2 N–H and O–H groups in total. The lowest BCUT2D eigenvalue weighted by molar-refractivity contribution is -0.135. The lowest BCUT2D eigenvalue weighted by Gasteiger charge is -2.30. The quantitative estimate of drug-likeness (QED) is 0.664. The lowest BCUT2D eigenvalue weighted by Crippen LogP contribution is -2.48. The van der Waals surface area contributed by atoms with Gasteiger partial charge in [0.15, 0.2) is 0 Å². The van der Waals surface area contributed by atoms with E-state index in [1.807, 2.05) is 4.90 Å². The van der Waals surface area contributed by atoms with Gasteiger partial charge in [-0.25, -0.2) is 0 Å². The molecule has 1 atom stereocenters. The molecule has 0 aromatic carbocycles. The highest BCUT2D eigenvalue weighted by molar-refractivity contribution is 5.82. The number of piperidine rings is 1. The van der Waals surface area contributed by atoms with E-state index in [1.165, 1.54) is 0 Å². The molecule has 1 fully saturated rings. The van der Waals surface area contributed by atoms with Crippen molar-refractivity contribution < 1.29 is 9.53 Å². The Kier molecular flexibility index (Phi) is 5.65. The fourth-order valence-corrected chi connectivity index (χ4v) is 1.80. The predicted molar refractivity (Wildman–Crippen MR) is 59.5 cm³/mol. The van der Waals surface area contributed by atoms with Crippen LogP contribution in [0.1, 0.15) is 32.6 Å². The lowest BCUT2D eigenvalue weighted by atomic mass is 10.1. The summed E-state index contributed by atoms with van der Waals surface area (Å²) >= 11 is 0. The first-order chi connectivity index (χ1) is 7.25. The second-order valence-electron chi connectivity index (χ2n) is 4.04. The third kappa shape index (κ3) is 4.18. The number of likely N-dealkylation sites (tertiary alicyclic amines) is 1. The number of hydrogen-bond donors (Lipinski definition) is 1. The molecule has 0 spiro atoms. The van der Waals surface area contributed by atoms with Crippen LogP contribution in [0.15, 0.2) is 0 Å². The zero-order valence-electron chi connectivity index (χ0n) is 9.58. The van der Waals surface area contributed by atoms with Gasteiger partial charge >= 0.3 is 0 Å². The highest BCUT2D eigenvalue weighted by Gasteiger charge is 2.24. The van der Waals surface area contributed by atoms with Crippen molar-refractivity contribution in [1.82, 2.24) is 4.90 Å². The minimum atomic E-state index is -0.268. The maximum Gasteiger partial charge on any atom is 0.239 e. The Morgan fingerprint density at radius 2 is 2.33 bits per heavy atom. The molecule has 4 heteroatoms. The van der Waals surface area contributed by atoms with Crippen molar-refractivity contribution in [3.05, 3.63) is 0 Å². The van der Waals surface area contributed by atoms with E-state index in [0.717, 1.165) is 52.0 Å². The summed E-state index contributed by atoms with van der Waals surface area (Å²) in [6.45, 7) is 5.30. The normalized spacial score (nSPS) is 22.1. The predicted octanol–water partition coefficient (Wildman–Crippen LogP) is 0.753. The summed E-state index contributed by atoms with van der Waals surface area (Å²) in [6.07, 6.45) is 3.83. The number of hydrogen-bond acceptors (Lipinski definition) is 3. The molecular weight excluding hydrogens is 192 g/mol. The molecule has 0 aromatic rings. The maximum atomic E-state index is 11.6. The van der Waals surface area contributed by atoms with Crippen molar-refractivity contribution in [1.29, 1.82) is 0 Å². The number of nitrogens with zero attached hydrogens (tertiary/aromatic N) is 1. The summed E-state index contributed by atoms with van der Waals surface area (Å²) in [7, 11) is 0. The Labute approximate surface area is 91.8 Å². The Morgan fingerprint density at radius 1 is 1.53 bits per heavy atom. The zero-order chi connectivity index (χ0) is 11.1. The van der Waals surface area contributed by atoms with E-state index < -0.39 is 0 Å². The van der Waals surface area contributed by atoms with E-state index in [9.17, 15) is 4.79 Å². The number of ether oxygens (including phenoxy) is 1. The van der Waals surface area contributed by atoms with E-state index in [4.69, 9.17) is 10.5 Å². The van der Waals surface area contributed by atoms with Gasteiger partial charge in [0, 0.05) is 26.3 Å². The molecule has 1 heterocycles. The van der Waals surface area contributed by atoms with Crippen LogP contribution in [0, 0.1) is 0 Å². The molecule has 0 aliphatic carbocycles. The van der Waals surface area contributed by atoms with E-state index in [2.05, 4.69) is 6.92 Å². The summed E-state index contributed by atoms with van der Waals surface area (Å²) in [5.74, 6) is 0.108. The molecule has 1 aliphatic heterocycles. The van der Waals surface area contributed by atoms with Gasteiger partial charge in [-0.1, -0.05) is 6.92 Å². The molecule has 0 saturated carbocycles. The second-order valence-corrected chi connectivity index (χ2v) is 4.04. The van der Waals surface area contributed by atoms with Gasteiger partial charge in [0.25, 0.3) is 0 Å². The van der Waals surface area contributed by atoms with Crippen molar-refractivity contribution in [3.8, 4) is 0 Å². The van der Waals surface area contributed by atoms with Gasteiger partial charge in [-0.05, 0) is 25.7 Å². The van der Waals surface area contributed by atoms with Gasteiger partial charge in [0.2, 0.25) is 5.91 Å². The van der Waals surface area contributed by atoms with Crippen LogP contribution < -0.4 is 5.73 Å². The van der Waals surface area contributed by atoms with Gasteiger partial charge in [-0.2, -0.15) is 0 Å². The first kappa shape index (κ1) is 12.5. The van der Waals surface area contributed by atoms with Gasteiger partial charge in [-0.15, -0.1) is 0 Å². The third-order valence-corrected chi connectivity index (χ3v) is 2.64. The summed E-state index contributed by atoms with van der Waals surface area (Å²) in [5, 5.41) is 0. The fraction of sp³-hybridized carbons (Fsp3) is 0.909. The van der Waals surface area contributed by atoms with Crippen molar-refractivity contribution in [2.45, 2.75) is 38.6 Å². The number of rotatable bonds is 6. The number of carbonyl (C=O) groups excluding carboxylic acids is 1. The van der Waals surface area contributed by atoms with Crippen LogP contribution in [-0.4, -0.2) is 43.2 Å². The van der Waals surface area contributed by atoms with Crippen molar-refractivity contribution in [2.24, 2.45) is 5.73 Å². The molecule has 0 bridgehead atoms. The molecular formula is C11H22N2O2. The van der Waals surface area contributed by atoms with E-state index >= 15 is 0 Å². The van der Waals surface area contributed by atoms with Crippen LogP contribution in [0.3, 0.4) is 0 Å². The van der Waals surface area contributed by atoms with E-state index in [1.54, 1.807) is 0 Å². The number of amides is 1. The molecule has 1 amide bonds. The van der Waals surface area contributed by atoms with Crippen LogP contribution in [0.4, 0.5) is 0 Å². The Hall–Kier alpha value is -0.610. The average molecular weight is 214 g/mol. The Balaban J connectivity index is 2.12. The molecule has 1 unspecified atom stereocenters. The number of carbonyl (C=O) groups is 1. The molecule has 0 radical (unpaired) electrons. The molecule has 4 nitrogen and oxygen atoms in total. The smallest absolute Gasteiger partial charge is 0.239 e. The zero-order valence-corrected chi connectivity index (χ0v) is 9.58. The average Bonchev–Trinajstić information content (AvgIpc) is 2.24. The number of nitrogens with two attached hydrogens (primary N) is 1. The summed E-state index contributed by atoms with van der Waals surface area (Å²) < 4.78 is 5.37. The largest absolute Gasteiger partial charge is 0.381 e. The van der Waals surface area contributed by atoms with Crippen LogP contribution in [0.25, 0.3) is 0 Å². The minimum Gasteiger partial charge on any atom is -0.381 e. The summed E-state index contributed by atoms with van der Waals surface area (Å²) in [6, 6.07) is -0.268. The van der Waals surface area contributed by atoms with Gasteiger partial charge in [0.1, 0.15) is 0 Å². The van der Waals surface area contributed by atoms with Gasteiger partial charge in [-0.3, -0.25) is 4.79 Å². The van der Waals surface area contributed by atoms with Crippen LogP contribution in [0.5, 0.6) is 0 Å². The highest BCUT2D eigenvalue weighted by atomic mass is 16.5. The molecule has 1 rings (SSSR count). The van der Waals surface area contributed by atoms with E-state index in [-0.39, 0.29) is 11.9 Å². The van der Waals surface area contributed by atoms with Crippen LogP contribution in [0.2, 0.25) is 0 Å². The van der Waals surface area contributed by atoms with Gasteiger partial charge in [0.05, 0.1) is 6.04 Å². The van der Waals surface area contributed by atoms with Crippen molar-refractivity contribution in [3.63, 3.8) is 0 Å². The molecule has 88 valence electrons. The molecule has 15 heavy (non-hydrogen) atoms. The molecule has 1 saturated heterocycles. The van der Waals surface area contributed by atoms with Crippen LogP contribution in [-0.2, 0) is 9.53 Å². The van der Waals surface area contributed by atoms with Crippen molar-refractivity contribution in [2.75, 3.05) is 26.3 Å². The third-order valence-electron chi connectivity index (χ3n) is 2.64. The fourth-order valence-electron chi connectivity index (χ4n) is 1.80. The second kappa shape index (κ2) is 6.80. The first-order valence-corrected chi connectivity index (χ1v) is 5.87. The summed E-state index contributed by atoms with van der Waals surface area (Å²) in [5.41, 5.74) is 5.70. The first-order valence-electron chi connectivity index (χ1n) is 5.87. The molecule has 1 aliphatic rings. The Bertz CT molecular complexity index is 197. The Morgan fingerprint density at radius 3 is 3.07 bits per heavy atom. The van der Waals surface area contributed by atoms with E-state index in [0.29, 0.717) is 0 Å². The van der Waals surface area contributed by atoms with Crippen molar-refractivity contribution >= 4 is 5.91 Å².